The molecule has 3 aromatic rings. The van der Waals surface area contributed by atoms with Crippen LogP contribution in [0.2, 0.25) is 5.02 Å². The first-order valence-corrected chi connectivity index (χ1v) is 9.89. The van der Waals surface area contributed by atoms with Crippen molar-refractivity contribution in [2.24, 2.45) is 0 Å². The number of nitrogens with zero attached hydrogens (tertiary/aromatic N) is 1. The number of carbonyl (C=O) groups excluding carboxylic acids is 2. The zero-order chi connectivity index (χ0) is 20.4. The van der Waals surface area contributed by atoms with Crippen molar-refractivity contribution < 1.29 is 14.3 Å². The number of benzene rings is 3. The lowest BCUT2D eigenvalue weighted by Gasteiger charge is -2.13. The Bertz CT molecular complexity index is 1210. The average molecular weight is 420 g/mol. The van der Waals surface area contributed by atoms with E-state index >= 15 is 0 Å². The smallest absolute Gasteiger partial charge is 0.298 e. The number of halogens is 1. The number of carbonyl (C=O) groups is 2. The molecule has 4 nitrogen and oxygen atoms in total. The summed E-state index contributed by atoms with van der Waals surface area (Å²) in [6.07, 6.45) is 7.01. The number of hydrogen-bond donors (Lipinski definition) is 0. The van der Waals surface area contributed by atoms with Gasteiger partial charge in [0.25, 0.3) is 11.1 Å². The molecule has 0 N–H and O–H groups in total. The maximum absolute atomic E-state index is 13.0. The van der Waals surface area contributed by atoms with E-state index in [0.29, 0.717) is 26.9 Å². The number of rotatable bonds is 4. The molecule has 1 heterocycles. The Kier molecular flexibility index (Phi) is 5.30. The molecule has 29 heavy (non-hydrogen) atoms. The van der Waals surface area contributed by atoms with E-state index in [4.69, 9.17) is 22.8 Å². The standard InChI is InChI=1S/C23H14ClNO3S/c1-2-12-28-20-11-10-15-6-3-4-9-18(15)19(20)14-21-22(26)25(23(27)29-21)17-8-5-7-16(24)13-17/h1,3-11,13-14H,12H2/b21-14+. The molecule has 0 aromatic heterocycles. The van der Waals surface area contributed by atoms with Crippen LogP contribution in [0.5, 0.6) is 5.75 Å². The first kappa shape index (κ1) is 19.1. The highest BCUT2D eigenvalue weighted by Gasteiger charge is 2.36. The SMILES string of the molecule is C#CCOc1ccc2ccccc2c1/C=C1/SC(=O)N(c2cccc(Cl)c2)C1=O. The molecule has 1 saturated heterocycles. The van der Waals surface area contributed by atoms with Crippen molar-refractivity contribution >= 4 is 57.0 Å². The van der Waals surface area contributed by atoms with Crippen LogP contribution in [-0.4, -0.2) is 17.8 Å². The fourth-order valence-corrected chi connectivity index (χ4v) is 4.11. The van der Waals surface area contributed by atoms with Gasteiger partial charge in [-0.1, -0.05) is 53.9 Å². The highest BCUT2D eigenvalue weighted by molar-refractivity contribution is 8.19. The lowest BCUT2D eigenvalue weighted by molar-refractivity contribution is -0.113. The highest BCUT2D eigenvalue weighted by atomic mass is 35.5. The predicted octanol–water partition coefficient (Wildman–Crippen LogP) is 5.75. The van der Waals surface area contributed by atoms with Gasteiger partial charge in [-0.05, 0) is 52.9 Å². The van der Waals surface area contributed by atoms with Crippen molar-refractivity contribution in [3.05, 3.63) is 76.2 Å². The summed E-state index contributed by atoms with van der Waals surface area (Å²) < 4.78 is 5.68. The van der Waals surface area contributed by atoms with Crippen LogP contribution in [0.15, 0.2) is 65.6 Å². The maximum Gasteiger partial charge on any atom is 0.298 e. The number of imide groups is 1. The van der Waals surface area contributed by atoms with Crippen LogP contribution >= 0.6 is 23.4 Å². The molecule has 0 bridgehead atoms. The summed E-state index contributed by atoms with van der Waals surface area (Å²) in [5, 5.41) is 1.96. The van der Waals surface area contributed by atoms with Gasteiger partial charge < -0.3 is 4.74 Å². The predicted molar refractivity (Wildman–Crippen MR) is 118 cm³/mol. The van der Waals surface area contributed by atoms with Gasteiger partial charge in [-0.25, -0.2) is 4.90 Å². The number of amides is 2. The Morgan fingerprint density at radius 3 is 2.72 bits per heavy atom. The minimum atomic E-state index is -0.405. The summed E-state index contributed by atoms with van der Waals surface area (Å²) in [5.74, 6) is 2.59. The fraction of sp³-hybridized carbons (Fsp3) is 0.0435. The molecule has 4 rings (SSSR count). The molecule has 2 amide bonds. The number of hydrogen-bond acceptors (Lipinski definition) is 4. The van der Waals surface area contributed by atoms with Crippen LogP contribution in [0.25, 0.3) is 16.8 Å². The second-order valence-corrected chi connectivity index (χ2v) is 7.62. The van der Waals surface area contributed by atoms with Crippen molar-refractivity contribution in [3.8, 4) is 18.1 Å². The van der Waals surface area contributed by atoms with Gasteiger partial charge in [-0.2, -0.15) is 0 Å². The number of terminal acetylenes is 1. The summed E-state index contributed by atoms with van der Waals surface area (Å²) in [5.41, 5.74) is 1.14. The molecule has 0 spiro atoms. The van der Waals surface area contributed by atoms with Crippen molar-refractivity contribution in [1.82, 2.24) is 0 Å². The third-order valence-electron chi connectivity index (χ3n) is 4.38. The topological polar surface area (TPSA) is 46.6 Å². The molecule has 1 aliphatic heterocycles. The van der Waals surface area contributed by atoms with Gasteiger partial charge in [0.05, 0.1) is 10.6 Å². The first-order valence-electron chi connectivity index (χ1n) is 8.70. The van der Waals surface area contributed by atoms with Gasteiger partial charge in [-0.3, -0.25) is 9.59 Å². The largest absolute Gasteiger partial charge is 0.480 e. The van der Waals surface area contributed by atoms with E-state index in [-0.39, 0.29) is 11.8 Å². The molecular weight excluding hydrogens is 406 g/mol. The van der Waals surface area contributed by atoms with Crippen molar-refractivity contribution in [1.29, 1.82) is 0 Å². The third-order valence-corrected chi connectivity index (χ3v) is 5.48. The monoisotopic (exact) mass is 419 g/mol. The normalized spacial score (nSPS) is 15.2. The van der Waals surface area contributed by atoms with Gasteiger partial charge in [0, 0.05) is 10.6 Å². The van der Waals surface area contributed by atoms with Gasteiger partial charge in [0.1, 0.15) is 12.4 Å². The Labute approximate surface area is 177 Å². The van der Waals surface area contributed by atoms with Crippen molar-refractivity contribution in [3.63, 3.8) is 0 Å². The Morgan fingerprint density at radius 2 is 1.93 bits per heavy atom. The summed E-state index contributed by atoms with van der Waals surface area (Å²) in [6.45, 7) is 0.100. The first-order chi connectivity index (χ1) is 14.1. The maximum atomic E-state index is 13.0. The van der Waals surface area contributed by atoms with Crippen LogP contribution in [0.3, 0.4) is 0 Å². The Balaban J connectivity index is 1.80. The van der Waals surface area contributed by atoms with Gasteiger partial charge >= 0.3 is 0 Å². The molecule has 0 unspecified atom stereocenters. The Hall–Kier alpha value is -3.20. The number of anilines is 1. The van der Waals surface area contributed by atoms with E-state index in [1.165, 1.54) is 0 Å². The molecule has 0 saturated carbocycles. The second kappa shape index (κ2) is 8.04. The summed E-state index contributed by atoms with van der Waals surface area (Å²) in [7, 11) is 0. The number of fused-ring (bicyclic) bond motifs is 1. The fourth-order valence-electron chi connectivity index (χ4n) is 3.11. The molecule has 0 atom stereocenters. The van der Waals surface area contributed by atoms with Crippen molar-refractivity contribution in [2.45, 2.75) is 0 Å². The molecule has 0 aliphatic carbocycles. The van der Waals surface area contributed by atoms with E-state index in [1.54, 1.807) is 30.3 Å². The van der Waals surface area contributed by atoms with E-state index < -0.39 is 5.91 Å². The van der Waals surface area contributed by atoms with Crippen LogP contribution < -0.4 is 9.64 Å². The minimum Gasteiger partial charge on any atom is -0.480 e. The zero-order valence-corrected chi connectivity index (χ0v) is 16.7. The number of ether oxygens (including phenoxy) is 1. The van der Waals surface area contributed by atoms with Crippen LogP contribution in [-0.2, 0) is 4.79 Å². The molecule has 1 fully saturated rings. The summed E-state index contributed by atoms with van der Waals surface area (Å²) >= 11 is 6.89. The molecular formula is C23H14ClNO3S. The lowest BCUT2D eigenvalue weighted by Crippen LogP contribution is -2.27. The minimum absolute atomic E-state index is 0.100. The Morgan fingerprint density at radius 1 is 1.10 bits per heavy atom. The second-order valence-electron chi connectivity index (χ2n) is 6.19. The number of thioether (sulfide) groups is 1. The van der Waals surface area contributed by atoms with Crippen LogP contribution in [0, 0.1) is 12.3 Å². The highest BCUT2D eigenvalue weighted by Crippen LogP contribution is 2.39. The molecule has 142 valence electrons. The lowest BCUT2D eigenvalue weighted by atomic mass is 10.0. The quantitative estimate of drug-likeness (QED) is 0.399. The molecule has 6 heteroatoms. The molecule has 1 aliphatic rings. The van der Waals surface area contributed by atoms with Crippen molar-refractivity contribution in [2.75, 3.05) is 11.5 Å². The van der Waals surface area contributed by atoms with Crippen LogP contribution in [0.4, 0.5) is 10.5 Å². The van der Waals surface area contributed by atoms with Gasteiger partial charge in [0.2, 0.25) is 0 Å². The van der Waals surface area contributed by atoms with Gasteiger partial charge in [0.15, 0.2) is 0 Å². The van der Waals surface area contributed by atoms with Crippen LogP contribution in [0.1, 0.15) is 5.56 Å². The summed E-state index contributed by atoms with van der Waals surface area (Å²) in [6, 6.07) is 18.1. The van der Waals surface area contributed by atoms with E-state index in [2.05, 4.69) is 5.92 Å². The molecule has 3 aromatic carbocycles. The third kappa shape index (κ3) is 3.73. The van der Waals surface area contributed by atoms with E-state index in [0.717, 1.165) is 27.4 Å². The average Bonchev–Trinajstić information content (AvgIpc) is 3.00. The van der Waals surface area contributed by atoms with Gasteiger partial charge in [-0.15, -0.1) is 6.42 Å². The van der Waals surface area contributed by atoms with E-state index in [9.17, 15) is 9.59 Å². The van der Waals surface area contributed by atoms with E-state index in [1.807, 2.05) is 36.4 Å². The molecule has 0 radical (unpaired) electrons. The zero-order valence-electron chi connectivity index (χ0n) is 15.1. The summed E-state index contributed by atoms with van der Waals surface area (Å²) in [4.78, 5) is 27.0.